The van der Waals surface area contributed by atoms with Crippen molar-refractivity contribution >= 4 is 5.91 Å². The van der Waals surface area contributed by atoms with E-state index in [1.807, 2.05) is 26.8 Å². The molecule has 0 bridgehead atoms. The van der Waals surface area contributed by atoms with Gasteiger partial charge in [0.05, 0.1) is 0 Å². The van der Waals surface area contributed by atoms with Crippen LogP contribution in [0.15, 0.2) is 11.8 Å². The molecule has 0 rings (SSSR count). The van der Waals surface area contributed by atoms with E-state index in [0.717, 1.165) is 38.8 Å². The molecule has 0 atom stereocenters. The largest absolute Gasteiger partial charge is 0.376 e. The number of unbranched alkanes of at least 4 members (excludes halogenated alkanes) is 2. The highest BCUT2D eigenvalue weighted by atomic mass is 16.1. The molecule has 4 nitrogen and oxygen atoms in total. The summed E-state index contributed by atoms with van der Waals surface area (Å²) in [5.41, 5.74) is -0.142. The molecule has 20 heavy (non-hydrogen) atoms. The molecule has 0 aromatic rings. The third-order valence-electron chi connectivity index (χ3n) is 2.76. The molecule has 1 N–H and O–H groups in total. The lowest BCUT2D eigenvalue weighted by Crippen LogP contribution is -2.41. The summed E-state index contributed by atoms with van der Waals surface area (Å²) in [5.74, 6) is -0.294. The lowest BCUT2D eigenvalue weighted by molar-refractivity contribution is -0.118. The molecule has 0 saturated carbocycles. The van der Waals surface area contributed by atoms with Crippen molar-refractivity contribution < 1.29 is 4.79 Å². The van der Waals surface area contributed by atoms with Crippen LogP contribution < -0.4 is 5.32 Å². The quantitative estimate of drug-likeness (QED) is 0.548. The van der Waals surface area contributed by atoms with Gasteiger partial charge in [-0.15, -0.1) is 0 Å². The Kier molecular flexibility index (Phi) is 8.71. The van der Waals surface area contributed by atoms with Gasteiger partial charge in [0.2, 0.25) is 0 Å². The first kappa shape index (κ1) is 18.5. The van der Waals surface area contributed by atoms with E-state index in [1.54, 1.807) is 6.20 Å². The molecule has 114 valence electrons. The zero-order valence-electron chi connectivity index (χ0n) is 13.6. The second kappa shape index (κ2) is 9.41. The van der Waals surface area contributed by atoms with Crippen LogP contribution in [0.1, 0.15) is 60.3 Å². The number of nitrogens with zero attached hydrogens (tertiary/aromatic N) is 2. The first-order valence-electron chi connectivity index (χ1n) is 7.52. The van der Waals surface area contributed by atoms with Gasteiger partial charge in [-0.1, -0.05) is 26.7 Å². The maximum Gasteiger partial charge on any atom is 0.263 e. The first-order valence-corrected chi connectivity index (χ1v) is 7.52. The summed E-state index contributed by atoms with van der Waals surface area (Å²) in [7, 11) is 0. The Morgan fingerprint density at radius 2 is 1.70 bits per heavy atom. The molecule has 0 aliphatic heterocycles. The number of hydrogen-bond donors (Lipinski definition) is 1. The summed E-state index contributed by atoms with van der Waals surface area (Å²) in [6, 6.07) is 2.02. The highest BCUT2D eigenvalue weighted by Crippen LogP contribution is 2.06. The van der Waals surface area contributed by atoms with Crippen LogP contribution in [0.2, 0.25) is 0 Å². The molecule has 0 heterocycles. The number of hydrogen-bond acceptors (Lipinski definition) is 3. The minimum Gasteiger partial charge on any atom is -0.376 e. The molecule has 0 aromatic heterocycles. The molecule has 0 aliphatic rings. The second-order valence-electron chi connectivity index (χ2n) is 6.10. The normalized spacial score (nSPS) is 11.9. The van der Waals surface area contributed by atoms with E-state index in [0.29, 0.717) is 0 Å². The Hall–Kier alpha value is -1.50. The van der Waals surface area contributed by atoms with Gasteiger partial charge in [0.15, 0.2) is 0 Å². The first-order chi connectivity index (χ1) is 9.34. The van der Waals surface area contributed by atoms with Crippen LogP contribution in [-0.2, 0) is 4.79 Å². The average molecular weight is 279 g/mol. The summed E-state index contributed by atoms with van der Waals surface area (Å²) in [6.07, 6.45) is 6.06. The Labute approximate surface area is 123 Å². The van der Waals surface area contributed by atoms with Crippen molar-refractivity contribution in [3.8, 4) is 6.07 Å². The minimum absolute atomic E-state index is 0.187. The number of carbonyl (C=O) groups excluding carboxylic acids is 1. The third-order valence-corrected chi connectivity index (χ3v) is 2.76. The molecule has 4 heteroatoms. The number of rotatable bonds is 8. The molecule has 0 radical (unpaired) electrons. The van der Waals surface area contributed by atoms with Crippen LogP contribution in [0, 0.1) is 11.3 Å². The van der Waals surface area contributed by atoms with E-state index in [9.17, 15) is 10.1 Å². The van der Waals surface area contributed by atoms with E-state index >= 15 is 0 Å². The van der Waals surface area contributed by atoms with Crippen LogP contribution in [0.4, 0.5) is 0 Å². The predicted octanol–water partition coefficient (Wildman–Crippen LogP) is 3.21. The van der Waals surface area contributed by atoms with Crippen molar-refractivity contribution in [2.75, 3.05) is 13.1 Å². The zero-order valence-corrected chi connectivity index (χ0v) is 13.6. The molecule has 0 spiro atoms. The van der Waals surface area contributed by atoms with Crippen molar-refractivity contribution in [1.29, 1.82) is 5.26 Å². The van der Waals surface area contributed by atoms with E-state index in [2.05, 4.69) is 24.1 Å². The highest BCUT2D eigenvalue weighted by molar-refractivity contribution is 5.97. The summed E-state index contributed by atoms with van der Waals surface area (Å²) in [6.45, 7) is 11.8. The highest BCUT2D eigenvalue weighted by Gasteiger charge is 2.18. The lowest BCUT2D eigenvalue weighted by atomic mass is 10.1. The SMILES string of the molecule is CCCCN(/C=C(/C#N)C(=O)NC(C)(C)C)CCCC. The van der Waals surface area contributed by atoms with Crippen molar-refractivity contribution in [3.63, 3.8) is 0 Å². The second-order valence-corrected chi connectivity index (χ2v) is 6.10. The number of carbonyl (C=O) groups is 1. The smallest absolute Gasteiger partial charge is 0.263 e. The topological polar surface area (TPSA) is 56.1 Å². The number of nitrogens with one attached hydrogen (secondary N) is 1. The Morgan fingerprint density at radius 1 is 1.20 bits per heavy atom. The summed E-state index contributed by atoms with van der Waals surface area (Å²) < 4.78 is 0. The lowest BCUT2D eigenvalue weighted by Gasteiger charge is -2.23. The minimum atomic E-state index is -0.329. The van der Waals surface area contributed by atoms with E-state index in [4.69, 9.17) is 0 Å². The summed E-state index contributed by atoms with van der Waals surface area (Å²) in [5, 5.41) is 12.0. The van der Waals surface area contributed by atoms with Crippen molar-refractivity contribution in [1.82, 2.24) is 10.2 Å². The van der Waals surface area contributed by atoms with E-state index in [-0.39, 0.29) is 17.0 Å². The molecule has 0 fully saturated rings. The van der Waals surface area contributed by atoms with Crippen LogP contribution in [-0.4, -0.2) is 29.4 Å². The number of amides is 1. The van der Waals surface area contributed by atoms with Gasteiger partial charge in [0, 0.05) is 24.8 Å². The zero-order chi connectivity index (χ0) is 15.6. The number of nitriles is 1. The van der Waals surface area contributed by atoms with Gasteiger partial charge in [0.1, 0.15) is 11.6 Å². The van der Waals surface area contributed by atoms with Crippen molar-refractivity contribution in [2.45, 2.75) is 65.8 Å². The average Bonchev–Trinajstić information content (AvgIpc) is 2.35. The maximum atomic E-state index is 12.0. The van der Waals surface area contributed by atoms with Gasteiger partial charge >= 0.3 is 0 Å². The van der Waals surface area contributed by atoms with Crippen LogP contribution >= 0.6 is 0 Å². The molecule has 0 saturated heterocycles. The fourth-order valence-electron chi connectivity index (χ4n) is 1.69. The van der Waals surface area contributed by atoms with Gasteiger partial charge in [-0.25, -0.2) is 0 Å². The van der Waals surface area contributed by atoms with E-state index < -0.39 is 0 Å². The monoisotopic (exact) mass is 279 g/mol. The standard InChI is InChI=1S/C16H29N3O/c1-6-8-10-19(11-9-7-2)13-14(12-17)15(20)18-16(3,4)5/h13H,6-11H2,1-5H3,(H,18,20)/b14-13-. The van der Waals surface area contributed by atoms with Crippen LogP contribution in [0.3, 0.4) is 0 Å². The fourth-order valence-corrected chi connectivity index (χ4v) is 1.69. The third kappa shape index (κ3) is 8.58. The van der Waals surface area contributed by atoms with Gasteiger partial charge in [-0.2, -0.15) is 5.26 Å². The predicted molar refractivity (Wildman–Crippen MR) is 83.0 cm³/mol. The van der Waals surface area contributed by atoms with E-state index in [1.165, 1.54) is 0 Å². The van der Waals surface area contributed by atoms with Crippen molar-refractivity contribution in [3.05, 3.63) is 11.8 Å². The Balaban J connectivity index is 4.85. The molecular weight excluding hydrogens is 250 g/mol. The fraction of sp³-hybridized carbons (Fsp3) is 0.750. The molecule has 1 amide bonds. The molecular formula is C16H29N3O. The molecule has 0 aliphatic carbocycles. The van der Waals surface area contributed by atoms with Gasteiger partial charge in [0.25, 0.3) is 5.91 Å². The van der Waals surface area contributed by atoms with Crippen LogP contribution in [0.25, 0.3) is 0 Å². The molecule has 0 aromatic carbocycles. The Morgan fingerprint density at radius 3 is 2.05 bits per heavy atom. The molecule has 0 unspecified atom stereocenters. The Bertz CT molecular complexity index is 353. The van der Waals surface area contributed by atoms with Gasteiger partial charge in [-0.05, 0) is 33.6 Å². The van der Waals surface area contributed by atoms with Crippen molar-refractivity contribution in [2.24, 2.45) is 0 Å². The summed E-state index contributed by atoms with van der Waals surface area (Å²) >= 11 is 0. The van der Waals surface area contributed by atoms with Crippen LogP contribution in [0.5, 0.6) is 0 Å². The summed E-state index contributed by atoms with van der Waals surface area (Å²) in [4.78, 5) is 14.1. The maximum absolute atomic E-state index is 12.0. The van der Waals surface area contributed by atoms with Gasteiger partial charge in [-0.3, -0.25) is 4.79 Å². The van der Waals surface area contributed by atoms with Gasteiger partial charge < -0.3 is 10.2 Å².